The third-order valence-corrected chi connectivity index (χ3v) is 4.23. The number of piperidine rings is 1. The Hall–Kier alpha value is -1.34. The van der Waals surface area contributed by atoms with Crippen molar-refractivity contribution in [2.75, 3.05) is 32.8 Å². The molecular weight excluding hydrogens is 264 g/mol. The molecule has 0 aliphatic carbocycles. The summed E-state index contributed by atoms with van der Waals surface area (Å²) in [5.74, 6) is -0.879. The number of carbonyl (C=O) groups is 2. The molecule has 2 aliphatic rings. The molecule has 3 N–H and O–H groups in total. The number of aliphatic hydroxyl groups excluding tert-OH is 1. The Labute approximate surface area is 117 Å². The van der Waals surface area contributed by atoms with Crippen LogP contribution in [0.4, 0.5) is 4.79 Å². The van der Waals surface area contributed by atoms with E-state index in [1.54, 1.807) is 4.90 Å². The summed E-state index contributed by atoms with van der Waals surface area (Å²) in [6, 6.07) is -0.246. The Bertz CT molecular complexity index is 360. The van der Waals surface area contributed by atoms with Gasteiger partial charge in [-0.2, -0.15) is 0 Å². The van der Waals surface area contributed by atoms with Crippen LogP contribution in [0.2, 0.25) is 0 Å². The van der Waals surface area contributed by atoms with Gasteiger partial charge in [-0.05, 0) is 25.7 Å². The maximum Gasteiger partial charge on any atom is 0.317 e. The summed E-state index contributed by atoms with van der Waals surface area (Å²) in [4.78, 5) is 25.1. The predicted octanol–water partition coefficient (Wildman–Crippen LogP) is 0.0341. The number of hydrogen-bond acceptors (Lipinski definition) is 4. The SMILES string of the molecule is O=C(NCC1(C(=O)O)CCOCC1)N1CCC(O)CC1. The first kappa shape index (κ1) is 15.1. The monoisotopic (exact) mass is 286 g/mol. The fourth-order valence-corrected chi connectivity index (χ4v) is 2.65. The summed E-state index contributed by atoms with van der Waals surface area (Å²) in [6.45, 7) is 1.98. The van der Waals surface area contributed by atoms with Crippen LogP contribution in [0.15, 0.2) is 0 Å². The number of hydrogen-bond donors (Lipinski definition) is 3. The van der Waals surface area contributed by atoms with Gasteiger partial charge in [0.25, 0.3) is 0 Å². The summed E-state index contributed by atoms with van der Waals surface area (Å²) in [7, 11) is 0. The third kappa shape index (κ3) is 3.40. The average Bonchev–Trinajstić information content (AvgIpc) is 2.46. The zero-order valence-corrected chi connectivity index (χ0v) is 11.5. The van der Waals surface area contributed by atoms with Crippen LogP contribution in [-0.4, -0.2) is 66.1 Å². The molecule has 0 spiro atoms. The largest absolute Gasteiger partial charge is 0.481 e. The average molecular weight is 286 g/mol. The molecular formula is C13H22N2O5. The molecule has 7 nitrogen and oxygen atoms in total. The molecule has 2 saturated heterocycles. The van der Waals surface area contributed by atoms with Gasteiger partial charge in [-0.25, -0.2) is 4.79 Å². The maximum absolute atomic E-state index is 12.0. The van der Waals surface area contributed by atoms with Crippen molar-refractivity contribution >= 4 is 12.0 Å². The highest BCUT2D eigenvalue weighted by molar-refractivity contribution is 5.78. The van der Waals surface area contributed by atoms with Crippen LogP contribution < -0.4 is 5.32 Å². The van der Waals surface area contributed by atoms with Crippen LogP contribution in [-0.2, 0) is 9.53 Å². The normalized spacial score (nSPS) is 23.4. The van der Waals surface area contributed by atoms with Gasteiger partial charge in [-0.15, -0.1) is 0 Å². The van der Waals surface area contributed by atoms with Crippen molar-refractivity contribution in [1.82, 2.24) is 10.2 Å². The summed E-state index contributed by atoms with van der Waals surface area (Å²) in [5.41, 5.74) is -0.913. The molecule has 0 bridgehead atoms. The van der Waals surface area contributed by atoms with E-state index in [0.29, 0.717) is 52.0 Å². The van der Waals surface area contributed by atoms with Gasteiger partial charge >= 0.3 is 12.0 Å². The molecule has 0 saturated carbocycles. The lowest BCUT2D eigenvalue weighted by Crippen LogP contribution is -2.51. The van der Waals surface area contributed by atoms with E-state index >= 15 is 0 Å². The zero-order chi connectivity index (χ0) is 14.6. The van der Waals surface area contributed by atoms with E-state index in [9.17, 15) is 19.8 Å². The van der Waals surface area contributed by atoms with Crippen molar-refractivity contribution in [2.24, 2.45) is 5.41 Å². The van der Waals surface area contributed by atoms with Crippen LogP contribution in [0.1, 0.15) is 25.7 Å². The predicted molar refractivity (Wildman–Crippen MR) is 70.3 cm³/mol. The molecule has 2 heterocycles. The van der Waals surface area contributed by atoms with Gasteiger partial charge in [-0.1, -0.05) is 0 Å². The van der Waals surface area contributed by atoms with Gasteiger partial charge in [0.1, 0.15) is 0 Å². The Morgan fingerprint density at radius 3 is 2.40 bits per heavy atom. The molecule has 20 heavy (non-hydrogen) atoms. The fourth-order valence-electron chi connectivity index (χ4n) is 2.65. The van der Waals surface area contributed by atoms with Crippen molar-refractivity contribution in [3.05, 3.63) is 0 Å². The van der Waals surface area contributed by atoms with Gasteiger partial charge in [-0.3, -0.25) is 4.79 Å². The number of carboxylic acids is 1. The number of aliphatic carboxylic acids is 1. The molecule has 0 unspecified atom stereocenters. The van der Waals surface area contributed by atoms with E-state index in [-0.39, 0.29) is 18.7 Å². The van der Waals surface area contributed by atoms with Crippen LogP contribution >= 0.6 is 0 Å². The Morgan fingerprint density at radius 2 is 1.85 bits per heavy atom. The lowest BCUT2D eigenvalue weighted by atomic mass is 9.80. The Morgan fingerprint density at radius 1 is 1.25 bits per heavy atom. The summed E-state index contributed by atoms with van der Waals surface area (Å²) in [5, 5.41) is 21.5. The summed E-state index contributed by atoms with van der Waals surface area (Å²) in [6.07, 6.45) is 1.65. The van der Waals surface area contributed by atoms with E-state index in [0.717, 1.165) is 0 Å². The van der Waals surface area contributed by atoms with Crippen LogP contribution in [0.5, 0.6) is 0 Å². The molecule has 0 aromatic rings. The smallest absolute Gasteiger partial charge is 0.317 e. The lowest BCUT2D eigenvalue weighted by molar-refractivity contribution is -0.154. The van der Waals surface area contributed by atoms with E-state index in [1.807, 2.05) is 0 Å². The Balaban J connectivity index is 1.86. The number of carboxylic acid groups (broad SMARTS) is 1. The molecule has 0 aromatic heterocycles. The molecule has 0 atom stereocenters. The first-order valence-corrected chi connectivity index (χ1v) is 7.05. The van der Waals surface area contributed by atoms with Crippen molar-refractivity contribution in [2.45, 2.75) is 31.8 Å². The van der Waals surface area contributed by atoms with Gasteiger partial charge in [0, 0.05) is 32.8 Å². The van der Waals surface area contributed by atoms with E-state index in [1.165, 1.54) is 0 Å². The highest BCUT2D eigenvalue weighted by atomic mass is 16.5. The van der Waals surface area contributed by atoms with Crippen molar-refractivity contribution in [1.29, 1.82) is 0 Å². The maximum atomic E-state index is 12.0. The number of nitrogens with zero attached hydrogens (tertiary/aromatic N) is 1. The van der Waals surface area contributed by atoms with E-state index in [4.69, 9.17) is 4.74 Å². The van der Waals surface area contributed by atoms with Crippen molar-refractivity contribution in [3.63, 3.8) is 0 Å². The highest BCUT2D eigenvalue weighted by Gasteiger charge is 2.40. The fraction of sp³-hybridized carbons (Fsp3) is 0.846. The van der Waals surface area contributed by atoms with Crippen LogP contribution in [0.25, 0.3) is 0 Å². The third-order valence-electron chi connectivity index (χ3n) is 4.23. The number of urea groups is 1. The molecule has 0 radical (unpaired) electrons. The standard InChI is InChI=1S/C13H22N2O5/c16-10-1-5-15(6-2-10)12(19)14-9-13(11(17)18)3-7-20-8-4-13/h10,16H,1-9H2,(H,14,19)(H,17,18). The summed E-state index contributed by atoms with van der Waals surface area (Å²) >= 11 is 0. The number of amides is 2. The van der Waals surface area contributed by atoms with Gasteiger partial charge in [0.05, 0.1) is 11.5 Å². The quantitative estimate of drug-likeness (QED) is 0.680. The van der Waals surface area contributed by atoms with E-state index in [2.05, 4.69) is 5.32 Å². The number of rotatable bonds is 3. The lowest BCUT2D eigenvalue weighted by Gasteiger charge is -2.35. The minimum absolute atomic E-state index is 0.129. The summed E-state index contributed by atoms with van der Waals surface area (Å²) < 4.78 is 5.20. The van der Waals surface area contributed by atoms with Crippen molar-refractivity contribution < 1.29 is 24.5 Å². The van der Waals surface area contributed by atoms with Gasteiger partial charge in [0.2, 0.25) is 0 Å². The van der Waals surface area contributed by atoms with Crippen LogP contribution in [0, 0.1) is 5.41 Å². The number of nitrogens with one attached hydrogen (secondary N) is 1. The first-order valence-electron chi connectivity index (χ1n) is 7.05. The zero-order valence-electron chi connectivity index (χ0n) is 11.5. The van der Waals surface area contributed by atoms with Crippen LogP contribution in [0.3, 0.4) is 0 Å². The molecule has 114 valence electrons. The minimum Gasteiger partial charge on any atom is -0.481 e. The molecule has 2 fully saturated rings. The van der Waals surface area contributed by atoms with E-state index < -0.39 is 11.4 Å². The first-order chi connectivity index (χ1) is 9.53. The van der Waals surface area contributed by atoms with Gasteiger partial charge < -0.3 is 25.2 Å². The highest BCUT2D eigenvalue weighted by Crippen LogP contribution is 2.30. The number of carbonyl (C=O) groups excluding carboxylic acids is 1. The number of ether oxygens (including phenoxy) is 1. The van der Waals surface area contributed by atoms with Gasteiger partial charge in [0.15, 0.2) is 0 Å². The number of aliphatic hydroxyl groups is 1. The second-order valence-corrected chi connectivity index (χ2v) is 5.57. The minimum atomic E-state index is -0.913. The van der Waals surface area contributed by atoms with Crippen molar-refractivity contribution in [3.8, 4) is 0 Å². The number of likely N-dealkylation sites (tertiary alicyclic amines) is 1. The Kier molecular flexibility index (Phi) is 4.82. The molecule has 0 aromatic carbocycles. The second-order valence-electron chi connectivity index (χ2n) is 5.57. The molecule has 7 heteroatoms. The topological polar surface area (TPSA) is 99.1 Å². The molecule has 2 aliphatic heterocycles. The second kappa shape index (κ2) is 6.41. The molecule has 2 rings (SSSR count). The molecule has 2 amide bonds.